The van der Waals surface area contributed by atoms with Crippen LogP contribution in [-0.2, 0) is 9.53 Å². The molecule has 8 heteroatoms. The van der Waals surface area contributed by atoms with Crippen LogP contribution < -0.4 is 5.32 Å². The first kappa shape index (κ1) is 16.8. The van der Waals surface area contributed by atoms with E-state index >= 15 is 0 Å². The summed E-state index contributed by atoms with van der Waals surface area (Å²) in [6, 6.07) is 9.40. The van der Waals surface area contributed by atoms with Crippen LogP contribution in [0.25, 0.3) is 10.6 Å². The summed E-state index contributed by atoms with van der Waals surface area (Å²) in [5.41, 5.74) is 2.24. The highest BCUT2D eigenvalue weighted by Gasteiger charge is 2.15. The maximum absolute atomic E-state index is 12.0. The second-order valence-corrected chi connectivity index (χ2v) is 6.21. The lowest BCUT2D eigenvalue weighted by atomic mass is 10.2. The van der Waals surface area contributed by atoms with E-state index in [4.69, 9.17) is 9.26 Å². The molecule has 0 unspecified atom stereocenters. The molecule has 0 saturated carbocycles. The number of anilines is 1. The summed E-state index contributed by atoms with van der Waals surface area (Å²) in [5.74, 6) is -0.316. The Bertz CT molecular complexity index is 899. The van der Waals surface area contributed by atoms with Gasteiger partial charge in [-0.3, -0.25) is 4.79 Å². The summed E-state index contributed by atoms with van der Waals surface area (Å²) in [7, 11) is 0. The molecule has 0 radical (unpaired) electrons. The van der Waals surface area contributed by atoms with Crippen LogP contribution in [-0.4, -0.2) is 28.6 Å². The number of benzene rings is 1. The molecule has 0 bridgehead atoms. The van der Waals surface area contributed by atoms with Crippen molar-refractivity contribution in [2.75, 3.05) is 11.9 Å². The van der Waals surface area contributed by atoms with Crippen LogP contribution in [0.2, 0.25) is 0 Å². The van der Waals surface area contributed by atoms with E-state index in [1.807, 2.05) is 31.2 Å². The number of hydrogen-bond acceptors (Lipinski definition) is 7. The molecule has 1 amide bonds. The number of nitrogens with one attached hydrogen (secondary N) is 1. The van der Waals surface area contributed by atoms with Gasteiger partial charge >= 0.3 is 5.97 Å². The van der Waals surface area contributed by atoms with Gasteiger partial charge in [0.15, 0.2) is 18.1 Å². The van der Waals surface area contributed by atoms with E-state index in [0.717, 1.165) is 16.1 Å². The summed E-state index contributed by atoms with van der Waals surface area (Å²) < 4.78 is 9.80. The quantitative estimate of drug-likeness (QED) is 0.705. The predicted molar refractivity (Wildman–Crippen MR) is 92.4 cm³/mol. The van der Waals surface area contributed by atoms with Crippen molar-refractivity contribution in [1.82, 2.24) is 10.1 Å². The first-order valence-electron chi connectivity index (χ1n) is 7.44. The molecule has 7 nitrogen and oxygen atoms in total. The number of aromatic nitrogens is 2. The number of rotatable bonds is 5. The van der Waals surface area contributed by atoms with Gasteiger partial charge in [-0.05, 0) is 13.8 Å². The number of amides is 1. The zero-order valence-electron chi connectivity index (χ0n) is 13.6. The van der Waals surface area contributed by atoms with Crippen LogP contribution in [0.1, 0.15) is 21.8 Å². The second-order valence-electron chi connectivity index (χ2n) is 5.35. The van der Waals surface area contributed by atoms with Gasteiger partial charge in [0, 0.05) is 17.0 Å². The van der Waals surface area contributed by atoms with Gasteiger partial charge < -0.3 is 14.6 Å². The number of ether oxygens (including phenoxy) is 1. The van der Waals surface area contributed by atoms with Crippen LogP contribution in [0.5, 0.6) is 0 Å². The predicted octanol–water partition coefficient (Wildman–Crippen LogP) is 3.21. The van der Waals surface area contributed by atoms with Crippen molar-refractivity contribution < 1.29 is 18.8 Å². The van der Waals surface area contributed by atoms with Crippen molar-refractivity contribution in [2.24, 2.45) is 0 Å². The molecule has 128 valence electrons. The van der Waals surface area contributed by atoms with E-state index < -0.39 is 18.5 Å². The van der Waals surface area contributed by atoms with E-state index in [0.29, 0.717) is 5.76 Å². The van der Waals surface area contributed by atoms with Gasteiger partial charge in [-0.25, -0.2) is 9.78 Å². The first-order valence-corrected chi connectivity index (χ1v) is 8.32. The maximum Gasteiger partial charge on any atom is 0.358 e. The lowest BCUT2D eigenvalue weighted by molar-refractivity contribution is -0.119. The highest BCUT2D eigenvalue weighted by atomic mass is 32.1. The van der Waals surface area contributed by atoms with Gasteiger partial charge in [-0.2, -0.15) is 0 Å². The van der Waals surface area contributed by atoms with Crippen LogP contribution in [0, 0.1) is 13.8 Å². The first-order chi connectivity index (χ1) is 12.0. The average molecular weight is 357 g/mol. The molecule has 0 saturated heterocycles. The molecule has 0 aliphatic carbocycles. The third-order valence-corrected chi connectivity index (χ3v) is 4.13. The SMILES string of the molecule is Cc1ccc(-c2nc(C(=O)OCC(=O)Nc3cc(C)on3)cs2)cc1. The topological polar surface area (TPSA) is 94.3 Å². The van der Waals surface area contributed by atoms with Gasteiger partial charge in [0.25, 0.3) is 5.91 Å². The average Bonchev–Trinajstić information content (AvgIpc) is 3.23. The van der Waals surface area contributed by atoms with E-state index in [1.165, 1.54) is 11.3 Å². The largest absolute Gasteiger partial charge is 0.451 e. The van der Waals surface area contributed by atoms with Crippen molar-refractivity contribution in [3.05, 3.63) is 52.7 Å². The lowest BCUT2D eigenvalue weighted by Gasteiger charge is -2.02. The number of thiazole rings is 1. The van der Waals surface area contributed by atoms with Crippen LogP contribution in [0.4, 0.5) is 5.82 Å². The van der Waals surface area contributed by atoms with Crippen LogP contribution >= 0.6 is 11.3 Å². The molecular formula is C17H15N3O4S. The molecule has 1 aromatic carbocycles. The van der Waals surface area contributed by atoms with Gasteiger partial charge in [0.1, 0.15) is 10.8 Å². The van der Waals surface area contributed by atoms with E-state index in [1.54, 1.807) is 18.4 Å². The smallest absolute Gasteiger partial charge is 0.358 e. The molecule has 0 aliphatic rings. The summed E-state index contributed by atoms with van der Waals surface area (Å²) in [5, 5.41) is 8.42. The van der Waals surface area contributed by atoms with Crippen molar-refractivity contribution in [1.29, 1.82) is 0 Å². The monoisotopic (exact) mass is 357 g/mol. The number of aryl methyl sites for hydroxylation is 2. The molecule has 0 spiro atoms. The molecule has 2 heterocycles. The van der Waals surface area contributed by atoms with E-state index in [9.17, 15) is 9.59 Å². The van der Waals surface area contributed by atoms with Gasteiger partial charge in [-0.1, -0.05) is 35.0 Å². The Morgan fingerprint density at radius 1 is 1.24 bits per heavy atom. The fourth-order valence-corrected chi connectivity index (χ4v) is 2.80. The molecule has 1 N–H and O–H groups in total. The zero-order valence-corrected chi connectivity index (χ0v) is 14.4. The fourth-order valence-electron chi connectivity index (χ4n) is 2.01. The third kappa shape index (κ3) is 4.30. The molecule has 0 aliphatic heterocycles. The van der Waals surface area contributed by atoms with Crippen molar-refractivity contribution in [3.63, 3.8) is 0 Å². The Hall–Kier alpha value is -3.00. The minimum Gasteiger partial charge on any atom is -0.451 e. The van der Waals surface area contributed by atoms with Crippen molar-refractivity contribution >= 4 is 29.0 Å². The minimum atomic E-state index is -0.652. The van der Waals surface area contributed by atoms with Crippen LogP contribution in [0.3, 0.4) is 0 Å². The van der Waals surface area contributed by atoms with Crippen molar-refractivity contribution in [3.8, 4) is 10.6 Å². The molecule has 2 aromatic heterocycles. The maximum atomic E-state index is 12.0. The van der Waals surface area contributed by atoms with E-state index in [2.05, 4.69) is 15.5 Å². The number of hydrogen-bond donors (Lipinski definition) is 1. The highest BCUT2D eigenvalue weighted by Crippen LogP contribution is 2.24. The number of carbonyl (C=O) groups is 2. The second kappa shape index (κ2) is 7.27. The Balaban J connectivity index is 1.56. The van der Waals surface area contributed by atoms with Gasteiger partial charge in [0.05, 0.1) is 0 Å². The zero-order chi connectivity index (χ0) is 17.8. The Morgan fingerprint density at radius 2 is 2.00 bits per heavy atom. The molecule has 3 rings (SSSR count). The molecule has 25 heavy (non-hydrogen) atoms. The minimum absolute atomic E-state index is 0.172. The number of nitrogens with zero attached hydrogens (tertiary/aromatic N) is 2. The number of esters is 1. The summed E-state index contributed by atoms with van der Waals surface area (Å²) >= 11 is 1.34. The Labute approximate surface area is 147 Å². The van der Waals surface area contributed by atoms with E-state index in [-0.39, 0.29) is 11.5 Å². The third-order valence-electron chi connectivity index (χ3n) is 3.24. The Kier molecular flexibility index (Phi) is 4.90. The highest BCUT2D eigenvalue weighted by molar-refractivity contribution is 7.13. The molecule has 0 atom stereocenters. The Morgan fingerprint density at radius 3 is 2.68 bits per heavy atom. The standard InChI is InChI=1S/C17H15N3O4S/c1-10-3-5-12(6-4-10)16-18-13(9-25-16)17(22)23-8-15(21)19-14-7-11(2)24-20-14/h3-7,9H,8H2,1-2H3,(H,19,20,21). The summed E-state index contributed by atoms with van der Waals surface area (Å²) in [6.07, 6.45) is 0. The van der Waals surface area contributed by atoms with Crippen molar-refractivity contribution in [2.45, 2.75) is 13.8 Å². The van der Waals surface area contributed by atoms with Gasteiger partial charge in [0.2, 0.25) is 0 Å². The molecular weight excluding hydrogens is 342 g/mol. The van der Waals surface area contributed by atoms with Gasteiger partial charge in [-0.15, -0.1) is 11.3 Å². The molecule has 0 fully saturated rings. The number of carbonyl (C=O) groups excluding carboxylic acids is 2. The lowest BCUT2D eigenvalue weighted by Crippen LogP contribution is -2.21. The summed E-state index contributed by atoms with van der Waals surface area (Å²) in [4.78, 5) is 28.0. The molecule has 3 aromatic rings. The normalized spacial score (nSPS) is 10.5. The summed E-state index contributed by atoms with van der Waals surface area (Å²) in [6.45, 7) is 3.28. The van der Waals surface area contributed by atoms with Crippen LogP contribution in [0.15, 0.2) is 40.2 Å². The fraction of sp³-hybridized carbons (Fsp3) is 0.176.